The Morgan fingerprint density at radius 2 is 2.05 bits per heavy atom. The van der Waals surface area contributed by atoms with Crippen LogP contribution < -0.4 is 5.73 Å². The molecule has 1 aromatic carbocycles. The number of nitrogens with zero attached hydrogens (tertiary/aromatic N) is 2. The molecule has 2 aromatic rings. The molecular formula is C15H16ClN3. The molecule has 0 fully saturated rings. The number of aromatic nitrogens is 1. The number of benzene rings is 1. The summed E-state index contributed by atoms with van der Waals surface area (Å²) in [6, 6.07) is 11.9. The van der Waals surface area contributed by atoms with Gasteiger partial charge >= 0.3 is 0 Å². The monoisotopic (exact) mass is 273 g/mol. The first-order valence-corrected chi connectivity index (χ1v) is 6.80. The second-order valence-corrected chi connectivity index (χ2v) is 5.28. The highest BCUT2D eigenvalue weighted by molar-refractivity contribution is 6.29. The van der Waals surface area contributed by atoms with Crippen LogP contribution in [0.4, 0.5) is 5.69 Å². The fourth-order valence-electron chi connectivity index (χ4n) is 2.60. The van der Waals surface area contributed by atoms with Crippen molar-refractivity contribution < 1.29 is 0 Å². The van der Waals surface area contributed by atoms with Crippen molar-refractivity contribution in [2.75, 3.05) is 12.3 Å². The molecule has 98 valence electrons. The summed E-state index contributed by atoms with van der Waals surface area (Å²) >= 11 is 5.92. The normalized spacial score (nSPS) is 15.2. The van der Waals surface area contributed by atoms with E-state index >= 15 is 0 Å². The predicted octanol–water partition coefficient (Wildman–Crippen LogP) is 2.88. The first-order valence-electron chi connectivity index (χ1n) is 6.42. The van der Waals surface area contributed by atoms with Gasteiger partial charge in [0.2, 0.25) is 0 Å². The Morgan fingerprint density at radius 1 is 1.21 bits per heavy atom. The molecule has 1 aliphatic rings. The van der Waals surface area contributed by atoms with Gasteiger partial charge < -0.3 is 5.73 Å². The Bertz CT molecular complexity index is 598. The van der Waals surface area contributed by atoms with Gasteiger partial charge in [-0.3, -0.25) is 4.90 Å². The van der Waals surface area contributed by atoms with E-state index < -0.39 is 0 Å². The lowest BCUT2D eigenvalue weighted by molar-refractivity contribution is 0.243. The number of hydrogen-bond donors (Lipinski definition) is 1. The van der Waals surface area contributed by atoms with E-state index in [2.05, 4.69) is 16.0 Å². The third-order valence-electron chi connectivity index (χ3n) is 3.54. The maximum Gasteiger partial charge on any atom is 0.129 e. The lowest BCUT2D eigenvalue weighted by Crippen LogP contribution is -2.30. The molecule has 0 saturated carbocycles. The van der Waals surface area contributed by atoms with Crippen LogP contribution >= 0.6 is 11.6 Å². The molecule has 0 atom stereocenters. The molecule has 0 spiro atoms. The number of fused-ring (bicyclic) bond motifs is 1. The maximum absolute atomic E-state index is 6.01. The second-order valence-electron chi connectivity index (χ2n) is 4.90. The minimum atomic E-state index is 0.555. The van der Waals surface area contributed by atoms with Crippen molar-refractivity contribution in [1.29, 1.82) is 0 Å². The Kier molecular flexibility index (Phi) is 3.40. The second kappa shape index (κ2) is 5.19. The summed E-state index contributed by atoms with van der Waals surface area (Å²) in [5.74, 6) is 0. The summed E-state index contributed by atoms with van der Waals surface area (Å²) < 4.78 is 0. The minimum Gasteiger partial charge on any atom is -0.398 e. The van der Waals surface area contributed by atoms with Crippen LogP contribution in [-0.4, -0.2) is 16.4 Å². The molecule has 3 rings (SSSR count). The average Bonchev–Trinajstić information content (AvgIpc) is 2.39. The van der Waals surface area contributed by atoms with E-state index in [1.807, 2.05) is 24.3 Å². The lowest BCUT2D eigenvalue weighted by Gasteiger charge is -2.29. The summed E-state index contributed by atoms with van der Waals surface area (Å²) in [7, 11) is 0. The first-order chi connectivity index (χ1) is 9.22. The minimum absolute atomic E-state index is 0.555. The van der Waals surface area contributed by atoms with Crippen LogP contribution in [-0.2, 0) is 19.5 Å². The van der Waals surface area contributed by atoms with Gasteiger partial charge in [0.05, 0.1) is 5.69 Å². The number of pyridine rings is 1. The Hall–Kier alpha value is -1.58. The molecule has 1 aromatic heterocycles. The summed E-state index contributed by atoms with van der Waals surface area (Å²) in [6.45, 7) is 2.76. The number of halogens is 1. The van der Waals surface area contributed by atoms with Crippen molar-refractivity contribution in [2.45, 2.75) is 19.5 Å². The van der Waals surface area contributed by atoms with Crippen molar-refractivity contribution in [3.63, 3.8) is 0 Å². The number of anilines is 1. The van der Waals surface area contributed by atoms with Crippen molar-refractivity contribution in [3.8, 4) is 0 Å². The molecule has 0 amide bonds. The van der Waals surface area contributed by atoms with E-state index in [0.717, 1.165) is 37.4 Å². The molecule has 1 aliphatic heterocycles. The van der Waals surface area contributed by atoms with E-state index in [1.165, 1.54) is 11.1 Å². The van der Waals surface area contributed by atoms with Crippen LogP contribution in [0.15, 0.2) is 36.4 Å². The summed E-state index contributed by atoms with van der Waals surface area (Å²) in [5.41, 5.74) is 10.6. The number of hydrogen-bond acceptors (Lipinski definition) is 3. The summed E-state index contributed by atoms with van der Waals surface area (Å²) in [5, 5.41) is 0.555. The van der Waals surface area contributed by atoms with Gasteiger partial charge in [-0.15, -0.1) is 0 Å². The molecule has 0 saturated heterocycles. The van der Waals surface area contributed by atoms with Gasteiger partial charge in [0, 0.05) is 25.3 Å². The van der Waals surface area contributed by atoms with Crippen LogP contribution in [0, 0.1) is 0 Å². The highest BCUT2D eigenvalue weighted by Gasteiger charge is 2.18. The van der Waals surface area contributed by atoms with Crippen LogP contribution in [0.2, 0.25) is 5.15 Å². The zero-order valence-corrected chi connectivity index (χ0v) is 11.4. The third-order valence-corrected chi connectivity index (χ3v) is 3.75. The fourth-order valence-corrected chi connectivity index (χ4v) is 2.78. The van der Waals surface area contributed by atoms with Gasteiger partial charge in [-0.25, -0.2) is 4.98 Å². The third kappa shape index (κ3) is 2.72. The molecule has 0 radical (unpaired) electrons. The number of nitrogens with two attached hydrogens (primary N) is 1. The number of rotatable bonds is 2. The van der Waals surface area contributed by atoms with Gasteiger partial charge in [-0.2, -0.15) is 0 Å². The van der Waals surface area contributed by atoms with Crippen LogP contribution in [0.1, 0.15) is 16.8 Å². The van der Waals surface area contributed by atoms with E-state index in [9.17, 15) is 0 Å². The Morgan fingerprint density at radius 3 is 2.89 bits per heavy atom. The van der Waals surface area contributed by atoms with Crippen molar-refractivity contribution in [1.82, 2.24) is 9.88 Å². The van der Waals surface area contributed by atoms with Crippen LogP contribution in [0.25, 0.3) is 0 Å². The largest absolute Gasteiger partial charge is 0.398 e. The van der Waals surface area contributed by atoms with Gasteiger partial charge in [-0.1, -0.05) is 29.8 Å². The standard InChI is InChI=1S/C15H16ClN3/c16-15-6-2-4-12(18-15)10-19-8-7-13-11(9-19)3-1-5-14(13)17/h1-6H,7-10,17H2. The van der Waals surface area contributed by atoms with E-state index in [-0.39, 0.29) is 0 Å². The predicted molar refractivity (Wildman–Crippen MR) is 77.9 cm³/mol. The highest BCUT2D eigenvalue weighted by Crippen LogP contribution is 2.24. The smallest absolute Gasteiger partial charge is 0.129 e. The van der Waals surface area contributed by atoms with Gasteiger partial charge in [0.1, 0.15) is 5.15 Å². The van der Waals surface area contributed by atoms with Crippen LogP contribution in [0.5, 0.6) is 0 Å². The fraction of sp³-hybridized carbons (Fsp3) is 0.267. The summed E-state index contributed by atoms with van der Waals surface area (Å²) in [6.07, 6.45) is 1.00. The van der Waals surface area contributed by atoms with Crippen molar-refractivity contribution >= 4 is 17.3 Å². The Balaban J connectivity index is 1.76. The SMILES string of the molecule is Nc1cccc2c1CCN(Cc1cccc(Cl)n1)C2. The lowest BCUT2D eigenvalue weighted by atomic mass is 9.98. The van der Waals surface area contributed by atoms with E-state index in [1.54, 1.807) is 6.07 Å². The topological polar surface area (TPSA) is 42.1 Å². The van der Waals surface area contributed by atoms with Gasteiger partial charge in [0.15, 0.2) is 0 Å². The number of nitrogen functional groups attached to an aromatic ring is 1. The first kappa shape index (κ1) is 12.5. The summed E-state index contributed by atoms with van der Waals surface area (Å²) in [4.78, 5) is 6.72. The quantitative estimate of drug-likeness (QED) is 0.676. The van der Waals surface area contributed by atoms with Crippen LogP contribution in [0.3, 0.4) is 0 Å². The Labute approximate surface area is 118 Å². The van der Waals surface area contributed by atoms with E-state index in [4.69, 9.17) is 17.3 Å². The van der Waals surface area contributed by atoms with Gasteiger partial charge in [0.25, 0.3) is 0 Å². The van der Waals surface area contributed by atoms with Crippen molar-refractivity contribution in [2.24, 2.45) is 0 Å². The molecule has 4 heteroatoms. The molecule has 0 unspecified atom stereocenters. The van der Waals surface area contributed by atoms with Gasteiger partial charge in [-0.05, 0) is 35.7 Å². The molecule has 0 bridgehead atoms. The molecule has 19 heavy (non-hydrogen) atoms. The molecule has 2 N–H and O–H groups in total. The zero-order valence-electron chi connectivity index (χ0n) is 10.6. The average molecular weight is 274 g/mol. The molecule has 2 heterocycles. The van der Waals surface area contributed by atoms with Crippen molar-refractivity contribution in [3.05, 3.63) is 58.4 Å². The highest BCUT2D eigenvalue weighted by atomic mass is 35.5. The maximum atomic E-state index is 6.01. The molecule has 0 aliphatic carbocycles. The van der Waals surface area contributed by atoms with E-state index in [0.29, 0.717) is 5.15 Å². The molecular weight excluding hydrogens is 258 g/mol. The molecule has 3 nitrogen and oxygen atoms in total. The zero-order chi connectivity index (χ0) is 13.2.